The Hall–Kier alpha value is -2.94. The molecule has 0 saturated heterocycles. The number of amides is 4. The van der Waals surface area contributed by atoms with Crippen molar-refractivity contribution in [2.24, 2.45) is 17.6 Å². The van der Waals surface area contributed by atoms with Crippen LogP contribution in [0.25, 0.3) is 0 Å². The maximum atomic E-state index is 13.2. The van der Waals surface area contributed by atoms with Gasteiger partial charge in [0.2, 0.25) is 17.7 Å². The lowest BCUT2D eigenvalue weighted by molar-refractivity contribution is -0.135. The van der Waals surface area contributed by atoms with Crippen molar-refractivity contribution < 1.29 is 24.0 Å². The van der Waals surface area contributed by atoms with E-state index in [1.807, 2.05) is 6.07 Å². The molecule has 33 heavy (non-hydrogen) atoms. The van der Waals surface area contributed by atoms with E-state index in [4.69, 9.17) is 10.6 Å². The van der Waals surface area contributed by atoms with E-state index in [9.17, 15) is 19.2 Å². The monoisotopic (exact) mass is 462 g/mol. The van der Waals surface area contributed by atoms with Crippen molar-refractivity contribution in [1.29, 1.82) is 0 Å². The fourth-order valence-electron chi connectivity index (χ4n) is 3.36. The smallest absolute Gasteiger partial charge is 0.251 e. The molecule has 1 rings (SSSR count). The fraction of sp³-hybridized carbons (Fsp3) is 0.583. The number of hydrogen-bond donors (Lipinski definition) is 3. The van der Waals surface area contributed by atoms with Gasteiger partial charge >= 0.3 is 0 Å². The minimum atomic E-state index is -0.865. The van der Waals surface area contributed by atoms with E-state index >= 15 is 0 Å². The number of primary amides is 1. The highest BCUT2D eigenvalue weighted by Crippen LogP contribution is 2.21. The molecule has 9 heteroatoms. The summed E-state index contributed by atoms with van der Waals surface area (Å²) < 4.78 is 0. The van der Waals surface area contributed by atoms with Crippen LogP contribution in [0.5, 0.6) is 0 Å². The lowest BCUT2D eigenvalue weighted by Crippen LogP contribution is -2.55. The van der Waals surface area contributed by atoms with Crippen LogP contribution in [0.4, 0.5) is 5.69 Å². The topological polar surface area (TPSA) is 131 Å². The number of rotatable bonds is 14. The van der Waals surface area contributed by atoms with Crippen LogP contribution >= 0.6 is 0 Å². The molecule has 1 aromatic rings. The predicted molar refractivity (Wildman–Crippen MR) is 127 cm³/mol. The van der Waals surface area contributed by atoms with Gasteiger partial charge in [-0.2, -0.15) is 5.06 Å². The van der Waals surface area contributed by atoms with Crippen LogP contribution in [0.3, 0.4) is 0 Å². The number of nitrogens with two attached hydrogens (primary N) is 1. The molecule has 1 aromatic carbocycles. The molecule has 9 nitrogen and oxygen atoms in total. The van der Waals surface area contributed by atoms with E-state index in [0.29, 0.717) is 12.1 Å². The average molecular weight is 463 g/mol. The first-order chi connectivity index (χ1) is 15.6. The molecule has 0 aliphatic rings. The van der Waals surface area contributed by atoms with Crippen molar-refractivity contribution in [2.45, 2.75) is 71.9 Å². The van der Waals surface area contributed by atoms with Crippen molar-refractivity contribution in [3.8, 4) is 0 Å². The van der Waals surface area contributed by atoms with Gasteiger partial charge < -0.3 is 16.4 Å². The maximum Gasteiger partial charge on any atom is 0.251 e. The van der Waals surface area contributed by atoms with Gasteiger partial charge in [0.1, 0.15) is 12.1 Å². The Bertz CT molecular complexity index is 784. The van der Waals surface area contributed by atoms with E-state index in [-0.39, 0.29) is 24.2 Å². The van der Waals surface area contributed by atoms with Gasteiger partial charge in [0.15, 0.2) is 0 Å². The summed E-state index contributed by atoms with van der Waals surface area (Å²) in [7, 11) is 1.40. The van der Waals surface area contributed by atoms with Gasteiger partial charge in [-0.05, 0) is 31.4 Å². The third-order valence-electron chi connectivity index (χ3n) is 5.38. The number of carbonyl (C=O) groups excluding carboxylic acids is 4. The summed E-state index contributed by atoms with van der Waals surface area (Å²) in [5.41, 5.74) is 5.79. The molecule has 3 atom stereocenters. The Labute approximate surface area is 196 Å². The number of nitrogens with zero attached hydrogens (tertiary/aromatic N) is 1. The number of carbonyl (C=O) groups is 4. The van der Waals surface area contributed by atoms with Gasteiger partial charge in [0.05, 0.1) is 12.8 Å². The average Bonchev–Trinajstić information content (AvgIpc) is 2.77. The third kappa shape index (κ3) is 9.21. The highest BCUT2D eigenvalue weighted by molar-refractivity contribution is 5.96. The Morgan fingerprint density at radius 2 is 1.64 bits per heavy atom. The SMILES string of the molecule is CCCCCC(CC(=O)N(OC)c1ccccc1)C(=O)N[C@H](C(=O)N[C@@H](C)C(N)=O)C(C)C. The van der Waals surface area contributed by atoms with Crippen molar-refractivity contribution in [2.75, 3.05) is 12.2 Å². The Balaban J connectivity index is 2.98. The summed E-state index contributed by atoms with van der Waals surface area (Å²) in [6.07, 6.45) is 3.11. The van der Waals surface area contributed by atoms with Crippen molar-refractivity contribution >= 4 is 29.3 Å². The first-order valence-electron chi connectivity index (χ1n) is 11.4. The molecule has 0 aliphatic carbocycles. The van der Waals surface area contributed by atoms with Gasteiger partial charge in [-0.15, -0.1) is 0 Å². The van der Waals surface area contributed by atoms with Crippen molar-refractivity contribution in [3.05, 3.63) is 30.3 Å². The van der Waals surface area contributed by atoms with Crippen LogP contribution in [-0.4, -0.2) is 42.8 Å². The van der Waals surface area contributed by atoms with Crippen LogP contribution in [0.2, 0.25) is 0 Å². The van der Waals surface area contributed by atoms with Gasteiger partial charge in [-0.25, -0.2) is 0 Å². The van der Waals surface area contributed by atoms with Crippen molar-refractivity contribution in [3.63, 3.8) is 0 Å². The quantitative estimate of drug-likeness (QED) is 0.288. The van der Waals surface area contributed by atoms with Gasteiger partial charge in [0.25, 0.3) is 5.91 Å². The van der Waals surface area contributed by atoms with Crippen LogP contribution < -0.4 is 21.4 Å². The van der Waals surface area contributed by atoms with Gasteiger partial charge in [0, 0.05) is 12.3 Å². The molecular weight excluding hydrogens is 424 g/mol. The molecular formula is C24H38N4O5. The molecule has 1 unspecified atom stereocenters. The van der Waals surface area contributed by atoms with E-state index in [0.717, 1.165) is 19.3 Å². The van der Waals surface area contributed by atoms with Crippen LogP contribution in [0.15, 0.2) is 30.3 Å². The molecule has 184 valence electrons. The number of benzene rings is 1. The molecule has 0 heterocycles. The predicted octanol–water partition coefficient (Wildman–Crippen LogP) is 2.30. The minimum Gasteiger partial charge on any atom is -0.368 e. The summed E-state index contributed by atoms with van der Waals surface area (Å²) in [6, 6.07) is 7.17. The number of hydroxylamine groups is 1. The fourth-order valence-corrected chi connectivity index (χ4v) is 3.36. The van der Waals surface area contributed by atoms with Crippen LogP contribution in [0, 0.1) is 11.8 Å². The van der Waals surface area contributed by atoms with Gasteiger partial charge in [-0.3, -0.25) is 24.0 Å². The second kappa shape index (κ2) is 14.3. The van der Waals surface area contributed by atoms with Crippen LogP contribution in [-0.2, 0) is 24.0 Å². The highest BCUT2D eigenvalue weighted by atomic mass is 16.7. The van der Waals surface area contributed by atoms with Crippen molar-refractivity contribution in [1.82, 2.24) is 10.6 Å². The standard InChI is InChI=1S/C24H38N4O5/c1-6-7-9-12-18(15-20(29)28(33-5)19-13-10-8-11-14-19)23(31)27-21(16(2)3)24(32)26-17(4)22(25)30/h8,10-11,13-14,16-18,21H,6-7,9,12,15H2,1-5H3,(H2,25,30)(H,26,32)(H,27,31)/t17-,18?,21-/m0/s1. The summed E-state index contributed by atoms with van der Waals surface area (Å²) in [6.45, 7) is 7.12. The van der Waals surface area contributed by atoms with E-state index < -0.39 is 29.8 Å². The molecule has 0 spiro atoms. The molecule has 0 aliphatic heterocycles. The van der Waals surface area contributed by atoms with E-state index in [1.54, 1.807) is 38.1 Å². The lowest BCUT2D eigenvalue weighted by Gasteiger charge is -2.27. The van der Waals surface area contributed by atoms with Gasteiger partial charge in [-0.1, -0.05) is 58.2 Å². The largest absolute Gasteiger partial charge is 0.368 e. The van der Waals surface area contributed by atoms with E-state index in [2.05, 4.69) is 17.6 Å². The number of unbranched alkanes of at least 4 members (excludes halogenated alkanes) is 2. The number of para-hydroxylation sites is 1. The second-order valence-electron chi connectivity index (χ2n) is 8.47. The van der Waals surface area contributed by atoms with Crippen LogP contribution in [0.1, 0.15) is 59.8 Å². The maximum absolute atomic E-state index is 13.2. The zero-order valence-corrected chi connectivity index (χ0v) is 20.3. The molecule has 4 amide bonds. The summed E-state index contributed by atoms with van der Waals surface area (Å²) in [5.74, 6) is -2.77. The second-order valence-corrected chi connectivity index (χ2v) is 8.47. The first kappa shape index (κ1) is 28.1. The molecule has 0 aromatic heterocycles. The summed E-state index contributed by atoms with van der Waals surface area (Å²) in [4.78, 5) is 55.4. The lowest BCUT2D eigenvalue weighted by atomic mass is 9.94. The number of hydrogen-bond acceptors (Lipinski definition) is 5. The normalized spacial score (nSPS) is 13.6. The highest BCUT2D eigenvalue weighted by Gasteiger charge is 2.31. The number of anilines is 1. The zero-order chi connectivity index (χ0) is 25.0. The molecule has 0 radical (unpaired) electrons. The zero-order valence-electron chi connectivity index (χ0n) is 20.3. The number of nitrogens with one attached hydrogen (secondary N) is 2. The molecule has 4 N–H and O–H groups in total. The molecule has 0 fully saturated rings. The summed E-state index contributed by atoms with van der Waals surface area (Å²) in [5, 5.41) is 6.47. The summed E-state index contributed by atoms with van der Waals surface area (Å²) >= 11 is 0. The first-order valence-corrected chi connectivity index (χ1v) is 11.4. The molecule has 0 saturated carbocycles. The van der Waals surface area contributed by atoms with E-state index in [1.165, 1.54) is 19.1 Å². The Morgan fingerprint density at radius 3 is 2.15 bits per heavy atom. The third-order valence-corrected chi connectivity index (χ3v) is 5.38. The minimum absolute atomic E-state index is 0.0671. The Morgan fingerprint density at radius 1 is 1.00 bits per heavy atom. The Kier molecular flexibility index (Phi) is 12.1. The molecule has 0 bridgehead atoms.